The summed E-state index contributed by atoms with van der Waals surface area (Å²) in [5, 5.41) is 2.54. The number of nitrogens with zero attached hydrogens (tertiary/aromatic N) is 3. The Morgan fingerprint density at radius 3 is 1.93 bits per heavy atom. The third-order valence-corrected chi connectivity index (χ3v) is 8.83. The third kappa shape index (κ3) is 5.13. The second-order valence-electron chi connectivity index (χ2n) is 12.0. The standard InChI is InChI=1S/C41H39N3/c1-4-5-6-8-16-31-25-29(2)40(30(3)26-31)43-28-37(42-41(43)32-17-9-7-10-18-32)33-19-15-20-34(27-33)44-38-23-13-11-21-35(38)36-22-12-14-24-39(36)44/h7,9-15,17-28H,4-6,8,16H2,1-3H3. The molecular weight excluding hydrogens is 534 g/mol. The number of hydrogen-bond donors (Lipinski definition) is 0. The number of hydrogen-bond acceptors (Lipinski definition) is 1. The zero-order valence-electron chi connectivity index (χ0n) is 25.9. The van der Waals surface area contributed by atoms with Crippen LogP contribution in [0.15, 0.2) is 121 Å². The van der Waals surface area contributed by atoms with Gasteiger partial charge in [0.05, 0.1) is 22.4 Å². The Balaban J connectivity index is 1.34. The summed E-state index contributed by atoms with van der Waals surface area (Å²) in [6.45, 7) is 6.76. The minimum absolute atomic E-state index is 0.963. The van der Waals surface area contributed by atoms with Crippen molar-refractivity contribution >= 4 is 21.8 Å². The molecule has 0 saturated heterocycles. The summed E-state index contributed by atoms with van der Waals surface area (Å²) in [5.74, 6) is 0.963. The van der Waals surface area contributed by atoms with Gasteiger partial charge < -0.3 is 4.57 Å². The van der Waals surface area contributed by atoms with Gasteiger partial charge in [0, 0.05) is 33.8 Å². The average Bonchev–Trinajstić information content (AvgIpc) is 3.64. The van der Waals surface area contributed by atoms with Crippen LogP contribution in [-0.2, 0) is 6.42 Å². The quantitative estimate of drug-likeness (QED) is 0.158. The van der Waals surface area contributed by atoms with Gasteiger partial charge in [0.15, 0.2) is 0 Å². The van der Waals surface area contributed by atoms with E-state index in [4.69, 9.17) is 4.98 Å². The van der Waals surface area contributed by atoms with Gasteiger partial charge in [-0.2, -0.15) is 0 Å². The number of rotatable bonds is 9. The Bertz CT molecular complexity index is 2000. The van der Waals surface area contributed by atoms with E-state index in [-0.39, 0.29) is 0 Å². The maximum Gasteiger partial charge on any atom is 0.145 e. The zero-order valence-corrected chi connectivity index (χ0v) is 25.9. The van der Waals surface area contributed by atoms with Crippen LogP contribution in [-0.4, -0.2) is 14.1 Å². The summed E-state index contributed by atoms with van der Waals surface area (Å²) in [5.41, 5.74) is 12.0. The summed E-state index contributed by atoms with van der Waals surface area (Å²) in [4.78, 5) is 5.30. The highest BCUT2D eigenvalue weighted by molar-refractivity contribution is 6.09. The average molecular weight is 574 g/mol. The van der Waals surface area contributed by atoms with Crippen molar-refractivity contribution in [3.8, 4) is 34.0 Å². The van der Waals surface area contributed by atoms with Crippen molar-refractivity contribution in [2.24, 2.45) is 0 Å². The second kappa shape index (κ2) is 12.0. The summed E-state index contributed by atoms with van der Waals surface area (Å²) < 4.78 is 4.68. The van der Waals surface area contributed by atoms with Crippen molar-refractivity contribution in [1.29, 1.82) is 0 Å². The van der Waals surface area contributed by atoms with Crippen molar-refractivity contribution in [1.82, 2.24) is 14.1 Å². The van der Waals surface area contributed by atoms with Gasteiger partial charge in [-0.15, -0.1) is 0 Å². The second-order valence-corrected chi connectivity index (χ2v) is 12.0. The van der Waals surface area contributed by atoms with Crippen LogP contribution in [0.4, 0.5) is 0 Å². The van der Waals surface area contributed by atoms with Crippen LogP contribution in [0.1, 0.15) is 49.3 Å². The molecule has 3 nitrogen and oxygen atoms in total. The molecule has 0 aliphatic carbocycles. The fourth-order valence-corrected chi connectivity index (χ4v) is 6.81. The molecule has 0 radical (unpaired) electrons. The lowest BCUT2D eigenvalue weighted by Crippen LogP contribution is -2.03. The SMILES string of the molecule is CCCCCCc1cc(C)c(-n2cc(-c3cccc(-n4c5ccccc5c5ccccc54)c3)nc2-c2ccccc2)c(C)c1. The number of aromatic nitrogens is 3. The number of benzene rings is 5. The minimum Gasteiger partial charge on any atom is -0.309 e. The Hall–Kier alpha value is -4.89. The van der Waals surface area contributed by atoms with Crippen LogP contribution in [0.3, 0.4) is 0 Å². The molecule has 5 aromatic carbocycles. The van der Waals surface area contributed by atoms with E-state index in [0.717, 1.165) is 34.8 Å². The molecule has 0 amide bonds. The molecule has 0 fully saturated rings. The molecule has 0 bridgehead atoms. The summed E-state index contributed by atoms with van der Waals surface area (Å²) in [6.07, 6.45) is 8.49. The first-order valence-corrected chi connectivity index (χ1v) is 16.0. The molecule has 2 heterocycles. The Labute approximate surface area is 260 Å². The molecule has 7 aromatic rings. The van der Waals surface area contributed by atoms with Crippen LogP contribution in [0, 0.1) is 13.8 Å². The predicted molar refractivity (Wildman–Crippen MR) is 186 cm³/mol. The topological polar surface area (TPSA) is 22.8 Å². The molecule has 0 atom stereocenters. The molecule has 2 aromatic heterocycles. The molecule has 0 N–H and O–H groups in total. The first kappa shape index (κ1) is 27.9. The van der Waals surface area contributed by atoms with Crippen molar-refractivity contribution < 1.29 is 0 Å². The molecule has 218 valence electrons. The number of para-hydroxylation sites is 2. The normalized spacial score (nSPS) is 11.5. The molecule has 7 rings (SSSR count). The van der Waals surface area contributed by atoms with E-state index in [1.165, 1.54) is 69.9 Å². The highest BCUT2D eigenvalue weighted by Gasteiger charge is 2.18. The van der Waals surface area contributed by atoms with Gasteiger partial charge in [-0.3, -0.25) is 4.57 Å². The molecule has 0 saturated carbocycles. The Morgan fingerprint density at radius 2 is 1.25 bits per heavy atom. The predicted octanol–water partition coefficient (Wildman–Crippen LogP) is 11.0. The van der Waals surface area contributed by atoms with Gasteiger partial charge in [0.1, 0.15) is 5.82 Å². The lowest BCUT2D eigenvalue weighted by Gasteiger charge is -2.16. The molecule has 0 spiro atoms. The molecule has 0 aliphatic heterocycles. The minimum atomic E-state index is 0.963. The number of imidazole rings is 1. The molecule has 0 aliphatic rings. The number of aryl methyl sites for hydroxylation is 3. The van der Waals surface area contributed by atoms with Crippen LogP contribution in [0.2, 0.25) is 0 Å². The summed E-state index contributed by atoms with van der Waals surface area (Å²) in [7, 11) is 0. The first-order valence-electron chi connectivity index (χ1n) is 16.0. The van der Waals surface area contributed by atoms with E-state index in [1.807, 2.05) is 0 Å². The maximum atomic E-state index is 5.30. The van der Waals surface area contributed by atoms with Crippen LogP contribution >= 0.6 is 0 Å². The Morgan fingerprint density at radius 1 is 0.614 bits per heavy atom. The van der Waals surface area contributed by atoms with Gasteiger partial charge >= 0.3 is 0 Å². The van der Waals surface area contributed by atoms with Crippen molar-refractivity contribution in [3.05, 3.63) is 138 Å². The number of unbranched alkanes of at least 4 members (excludes halogenated alkanes) is 3. The zero-order chi connectivity index (χ0) is 30.0. The summed E-state index contributed by atoms with van der Waals surface area (Å²) >= 11 is 0. The van der Waals surface area contributed by atoms with Crippen molar-refractivity contribution in [3.63, 3.8) is 0 Å². The fourth-order valence-electron chi connectivity index (χ4n) is 6.81. The lowest BCUT2D eigenvalue weighted by molar-refractivity contribution is 0.666. The van der Waals surface area contributed by atoms with Crippen LogP contribution < -0.4 is 0 Å². The molecule has 0 unspecified atom stereocenters. The van der Waals surface area contributed by atoms with E-state index < -0.39 is 0 Å². The number of fused-ring (bicyclic) bond motifs is 3. The monoisotopic (exact) mass is 573 g/mol. The van der Waals surface area contributed by atoms with Crippen molar-refractivity contribution in [2.45, 2.75) is 52.9 Å². The van der Waals surface area contributed by atoms with Crippen LogP contribution in [0.25, 0.3) is 55.8 Å². The highest BCUT2D eigenvalue weighted by atomic mass is 15.1. The largest absolute Gasteiger partial charge is 0.309 e. The van der Waals surface area contributed by atoms with Gasteiger partial charge in [-0.25, -0.2) is 4.98 Å². The van der Waals surface area contributed by atoms with Gasteiger partial charge in [0.25, 0.3) is 0 Å². The molecular formula is C41H39N3. The highest BCUT2D eigenvalue weighted by Crippen LogP contribution is 2.35. The van der Waals surface area contributed by atoms with Crippen molar-refractivity contribution in [2.75, 3.05) is 0 Å². The van der Waals surface area contributed by atoms with Gasteiger partial charge in [-0.05, 0) is 67.6 Å². The lowest BCUT2D eigenvalue weighted by atomic mass is 9.99. The molecule has 44 heavy (non-hydrogen) atoms. The smallest absolute Gasteiger partial charge is 0.145 e. The Kier molecular flexibility index (Phi) is 7.62. The van der Waals surface area contributed by atoms with Gasteiger partial charge in [0.2, 0.25) is 0 Å². The third-order valence-electron chi connectivity index (χ3n) is 8.83. The fraction of sp³-hybridized carbons (Fsp3) is 0.195. The van der Waals surface area contributed by atoms with E-state index in [2.05, 4.69) is 151 Å². The van der Waals surface area contributed by atoms with E-state index in [1.54, 1.807) is 0 Å². The molecule has 3 heteroatoms. The van der Waals surface area contributed by atoms with E-state index in [9.17, 15) is 0 Å². The van der Waals surface area contributed by atoms with Gasteiger partial charge in [-0.1, -0.05) is 117 Å². The van der Waals surface area contributed by atoms with Crippen LogP contribution in [0.5, 0.6) is 0 Å². The first-order chi connectivity index (χ1) is 21.6. The van der Waals surface area contributed by atoms with E-state index >= 15 is 0 Å². The summed E-state index contributed by atoms with van der Waals surface area (Å²) in [6, 6.07) is 41.5. The maximum absolute atomic E-state index is 5.30. The van der Waals surface area contributed by atoms with E-state index in [0.29, 0.717) is 0 Å².